The van der Waals surface area contributed by atoms with E-state index >= 15 is 0 Å². The van der Waals surface area contributed by atoms with Gasteiger partial charge in [-0.15, -0.1) is 0 Å². The van der Waals surface area contributed by atoms with Gasteiger partial charge in [0.15, 0.2) is 0 Å². The Balaban J connectivity index is 2.30. The molecule has 0 bridgehead atoms. The fourth-order valence-corrected chi connectivity index (χ4v) is 3.88. The van der Waals surface area contributed by atoms with Crippen molar-refractivity contribution in [2.75, 3.05) is 0 Å². The Morgan fingerprint density at radius 3 is 2.26 bits per heavy atom. The van der Waals surface area contributed by atoms with E-state index in [4.69, 9.17) is 11.1 Å². The minimum atomic E-state index is -3.63. The maximum atomic E-state index is 12.3. The van der Waals surface area contributed by atoms with E-state index in [0.717, 1.165) is 18.4 Å². The normalized spacial score (nSPS) is 18.4. The number of hydrogen-bond donors (Lipinski definition) is 3. The Hall–Kier alpha value is -1.40. The first kappa shape index (κ1) is 14.0. The Labute approximate surface area is 113 Å². The molecule has 6 heteroatoms. The fraction of sp³-hybridized carbons (Fsp3) is 0.462. The number of aryl methyl sites for hydroxylation is 1. The summed E-state index contributed by atoms with van der Waals surface area (Å²) >= 11 is 0. The van der Waals surface area contributed by atoms with Crippen molar-refractivity contribution in [3.8, 4) is 0 Å². The number of nitrogens with one attached hydrogen (secondary N) is 2. The van der Waals surface area contributed by atoms with Crippen molar-refractivity contribution in [2.24, 2.45) is 5.73 Å². The van der Waals surface area contributed by atoms with Crippen molar-refractivity contribution >= 4 is 15.9 Å². The van der Waals surface area contributed by atoms with E-state index in [1.807, 2.05) is 6.92 Å². The first-order valence-corrected chi connectivity index (χ1v) is 7.79. The summed E-state index contributed by atoms with van der Waals surface area (Å²) < 4.78 is 27.3. The average molecular weight is 281 g/mol. The molecule has 0 heterocycles. The Bertz CT molecular complexity index is 572. The summed E-state index contributed by atoms with van der Waals surface area (Å²) in [4.78, 5) is 0.214. The highest BCUT2D eigenvalue weighted by Crippen LogP contribution is 2.31. The maximum absolute atomic E-state index is 12.3. The van der Waals surface area contributed by atoms with Gasteiger partial charge in [0, 0.05) is 0 Å². The van der Waals surface area contributed by atoms with Crippen LogP contribution in [-0.2, 0) is 10.0 Å². The molecule has 2 rings (SSSR count). The quantitative estimate of drug-likeness (QED) is 0.576. The van der Waals surface area contributed by atoms with Gasteiger partial charge < -0.3 is 5.73 Å². The van der Waals surface area contributed by atoms with E-state index in [1.54, 1.807) is 24.3 Å². The first-order chi connectivity index (χ1) is 8.86. The zero-order valence-electron chi connectivity index (χ0n) is 10.9. The molecule has 19 heavy (non-hydrogen) atoms. The molecular weight excluding hydrogens is 262 g/mol. The summed E-state index contributed by atoms with van der Waals surface area (Å²) in [5, 5.41) is 7.67. The molecule has 5 nitrogen and oxygen atoms in total. The molecule has 104 valence electrons. The summed E-state index contributed by atoms with van der Waals surface area (Å²) in [5.41, 5.74) is 5.70. The molecular formula is C13H19N3O2S. The molecule has 0 radical (unpaired) electrons. The Kier molecular flexibility index (Phi) is 3.64. The highest BCUT2D eigenvalue weighted by Gasteiger charge is 2.40. The van der Waals surface area contributed by atoms with Crippen LogP contribution in [0.5, 0.6) is 0 Å². The van der Waals surface area contributed by atoms with Gasteiger partial charge in [0.25, 0.3) is 0 Å². The van der Waals surface area contributed by atoms with Crippen LogP contribution < -0.4 is 10.5 Å². The van der Waals surface area contributed by atoms with E-state index in [1.165, 1.54) is 0 Å². The molecule has 0 saturated heterocycles. The molecule has 1 aliphatic rings. The molecule has 1 saturated carbocycles. The van der Waals surface area contributed by atoms with Crippen LogP contribution in [0.1, 0.15) is 31.2 Å². The van der Waals surface area contributed by atoms with Gasteiger partial charge in [0.2, 0.25) is 10.0 Å². The molecule has 0 atom stereocenters. The van der Waals surface area contributed by atoms with Crippen LogP contribution in [-0.4, -0.2) is 19.8 Å². The lowest BCUT2D eigenvalue weighted by Gasteiger charge is -2.28. The van der Waals surface area contributed by atoms with Crippen LogP contribution >= 0.6 is 0 Å². The molecule has 4 N–H and O–H groups in total. The summed E-state index contributed by atoms with van der Waals surface area (Å²) in [6, 6.07) is 6.65. The summed E-state index contributed by atoms with van der Waals surface area (Å²) in [5.74, 6) is -0.0966. The van der Waals surface area contributed by atoms with Crippen LogP contribution in [0.15, 0.2) is 29.2 Å². The molecule has 0 aliphatic heterocycles. The zero-order chi connectivity index (χ0) is 14.1. The van der Waals surface area contributed by atoms with Crippen molar-refractivity contribution in [1.29, 1.82) is 5.41 Å². The number of benzene rings is 1. The Morgan fingerprint density at radius 1 is 1.26 bits per heavy atom. The lowest BCUT2D eigenvalue weighted by molar-refractivity contribution is 0.496. The largest absolute Gasteiger partial charge is 0.386 e. The van der Waals surface area contributed by atoms with Crippen molar-refractivity contribution in [3.63, 3.8) is 0 Å². The van der Waals surface area contributed by atoms with Gasteiger partial charge in [0.05, 0.1) is 10.4 Å². The monoisotopic (exact) mass is 281 g/mol. The lowest BCUT2D eigenvalue weighted by Crippen LogP contribution is -2.55. The van der Waals surface area contributed by atoms with Crippen molar-refractivity contribution in [2.45, 2.75) is 43.0 Å². The highest BCUT2D eigenvalue weighted by molar-refractivity contribution is 7.89. The van der Waals surface area contributed by atoms with Gasteiger partial charge in [-0.1, -0.05) is 30.5 Å². The van der Waals surface area contributed by atoms with Gasteiger partial charge >= 0.3 is 0 Å². The third-order valence-electron chi connectivity index (χ3n) is 3.63. The number of nitrogens with two attached hydrogens (primary N) is 1. The van der Waals surface area contributed by atoms with Crippen molar-refractivity contribution < 1.29 is 8.42 Å². The summed E-state index contributed by atoms with van der Waals surface area (Å²) in [6.45, 7) is 1.90. The smallest absolute Gasteiger partial charge is 0.241 e. The van der Waals surface area contributed by atoms with E-state index in [-0.39, 0.29) is 10.7 Å². The van der Waals surface area contributed by atoms with Crippen LogP contribution in [0.3, 0.4) is 0 Å². The first-order valence-electron chi connectivity index (χ1n) is 6.31. The second-order valence-electron chi connectivity index (χ2n) is 5.12. The molecule has 1 aromatic carbocycles. The van der Waals surface area contributed by atoms with Gasteiger partial charge in [0.1, 0.15) is 5.84 Å². The predicted octanol–water partition coefficient (Wildman–Crippen LogP) is 1.52. The third-order valence-corrected chi connectivity index (χ3v) is 5.19. The van der Waals surface area contributed by atoms with Crippen molar-refractivity contribution in [3.05, 3.63) is 29.8 Å². The van der Waals surface area contributed by atoms with E-state index in [9.17, 15) is 8.42 Å². The predicted molar refractivity (Wildman–Crippen MR) is 74.6 cm³/mol. The second kappa shape index (κ2) is 4.94. The molecule has 0 spiro atoms. The van der Waals surface area contributed by atoms with Crippen LogP contribution in [0.25, 0.3) is 0 Å². The molecule has 1 fully saturated rings. The fourth-order valence-electron chi connectivity index (χ4n) is 2.44. The summed E-state index contributed by atoms with van der Waals surface area (Å²) in [6.07, 6.45) is 2.95. The van der Waals surface area contributed by atoms with Crippen LogP contribution in [0.4, 0.5) is 0 Å². The van der Waals surface area contributed by atoms with E-state index in [2.05, 4.69) is 4.72 Å². The zero-order valence-corrected chi connectivity index (χ0v) is 11.8. The van der Waals surface area contributed by atoms with Gasteiger partial charge in [-0.2, -0.15) is 4.72 Å². The van der Waals surface area contributed by atoms with Crippen LogP contribution in [0, 0.1) is 12.3 Å². The minimum Gasteiger partial charge on any atom is -0.386 e. The molecule has 0 amide bonds. The standard InChI is InChI=1S/C13H19N3O2S/c1-10-4-6-11(7-5-10)19(17,18)16-13(12(14)15)8-2-3-9-13/h4-7,16H,2-3,8-9H2,1H3,(H3,14,15). The number of amidine groups is 1. The van der Waals surface area contributed by atoms with E-state index < -0.39 is 15.6 Å². The number of hydrogen-bond acceptors (Lipinski definition) is 3. The van der Waals surface area contributed by atoms with E-state index in [0.29, 0.717) is 12.8 Å². The van der Waals surface area contributed by atoms with Crippen LogP contribution in [0.2, 0.25) is 0 Å². The van der Waals surface area contributed by atoms with Gasteiger partial charge in [-0.25, -0.2) is 8.42 Å². The Morgan fingerprint density at radius 2 is 1.79 bits per heavy atom. The molecule has 1 aliphatic carbocycles. The van der Waals surface area contributed by atoms with Gasteiger partial charge in [-0.05, 0) is 31.9 Å². The second-order valence-corrected chi connectivity index (χ2v) is 6.80. The van der Waals surface area contributed by atoms with Crippen molar-refractivity contribution in [1.82, 2.24) is 4.72 Å². The SMILES string of the molecule is Cc1ccc(S(=O)(=O)NC2(C(=N)N)CCCC2)cc1. The lowest BCUT2D eigenvalue weighted by atomic mass is 9.98. The minimum absolute atomic E-state index is 0.0966. The number of sulfonamides is 1. The molecule has 0 aromatic heterocycles. The number of rotatable bonds is 4. The average Bonchev–Trinajstić information content (AvgIpc) is 2.78. The third kappa shape index (κ3) is 2.79. The summed E-state index contributed by atoms with van der Waals surface area (Å²) in [7, 11) is -3.63. The van der Waals surface area contributed by atoms with Gasteiger partial charge in [-0.3, -0.25) is 5.41 Å². The molecule has 0 unspecified atom stereocenters. The topological polar surface area (TPSA) is 96.0 Å². The molecule has 1 aromatic rings. The highest BCUT2D eigenvalue weighted by atomic mass is 32.2. The maximum Gasteiger partial charge on any atom is 0.241 e.